The average Bonchev–Trinajstić information content (AvgIpc) is 2.12. The molecule has 2 unspecified atom stereocenters. The molecule has 12 heavy (non-hydrogen) atoms. The van der Waals surface area contributed by atoms with Crippen molar-refractivity contribution in [1.82, 2.24) is 5.32 Å². The second-order valence-corrected chi connectivity index (χ2v) is 5.34. The highest BCUT2D eigenvalue weighted by Crippen LogP contribution is 2.42. The van der Waals surface area contributed by atoms with Gasteiger partial charge in [0.2, 0.25) is 0 Å². The Labute approximate surface area is 75.9 Å². The lowest BCUT2D eigenvalue weighted by molar-refractivity contribution is 0.199. The SMILES string of the molecule is CC1(C)CC2CCCC1CNC2. The van der Waals surface area contributed by atoms with E-state index in [1.54, 1.807) is 0 Å². The van der Waals surface area contributed by atoms with E-state index in [1.165, 1.54) is 38.8 Å². The van der Waals surface area contributed by atoms with Crippen molar-refractivity contribution in [1.29, 1.82) is 0 Å². The molecule has 0 aromatic carbocycles. The third-order valence-corrected chi connectivity index (χ3v) is 3.91. The van der Waals surface area contributed by atoms with Gasteiger partial charge in [0.1, 0.15) is 0 Å². The number of hydrogen-bond donors (Lipinski definition) is 1. The second-order valence-electron chi connectivity index (χ2n) is 5.34. The number of fused-ring (bicyclic) bond motifs is 3. The molecular formula is C11H21N. The Morgan fingerprint density at radius 2 is 2.00 bits per heavy atom. The number of rotatable bonds is 0. The van der Waals surface area contributed by atoms with Crippen molar-refractivity contribution in [2.45, 2.75) is 39.5 Å². The molecule has 2 atom stereocenters. The van der Waals surface area contributed by atoms with Gasteiger partial charge in [0.25, 0.3) is 0 Å². The van der Waals surface area contributed by atoms with Gasteiger partial charge >= 0.3 is 0 Å². The third-order valence-electron chi connectivity index (χ3n) is 3.91. The van der Waals surface area contributed by atoms with E-state index in [4.69, 9.17) is 0 Å². The number of nitrogens with one attached hydrogen (secondary N) is 1. The van der Waals surface area contributed by atoms with Gasteiger partial charge in [-0.1, -0.05) is 20.3 Å². The van der Waals surface area contributed by atoms with Gasteiger partial charge in [0, 0.05) is 0 Å². The average molecular weight is 167 g/mol. The zero-order chi connectivity index (χ0) is 8.60. The fourth-order valence-corrected chi connectivity index (χ4v) is 3.07. The van der Waals surface area contributed by atoms with E-state index < -0.39 is 0 Å². The summed E-state index contributed by atoms with van der Waals surface area (Å²) in [5.74, 6) is 1.90. The van der Waals surface area contributed by atoms with E-state index in [9.17, 15) is 0 Å². The monoisotopic (exact) mass is 167 g/mol. The molecule has 2 aliphatic rings. The van der Waals surface area contributed by atoms with Crippen molar-refractivity contribution in [2.75, 3.05) is 13.1 Å². The third kappa shape index (κ3) is 1.52. The Bertz CT molecular complexity index is 152. The smallest absolute Gasteiger partial charge is 0.00153 e. The van der Waals surface area contributed by atoms with Crippen LogP contribution in [0.4, 0.5) is 0 Å². The molecule has 0 amide bonds. The minimum Gasteiger partial charge on any atom is -0.316 e. The van der Waals surface area contributed by atoms with E-state index in [2.05, 4.69) is 19.2 Å². The summed E-state index contributed by atoms with van der Waals surface area (Å²) in [5, 5.41) is 3.60. The van der Waals surface area contributed by atoms with Gasteiger partial charge in [-0.3, -0.25) is 0 Å². The summed E-state index contributed by atoms with van der Waals surface area (Å²) < 4.78 is 0. The van der Waals surface area contributed by atoms with Gasteiger partial charge in [0.05, 0.1) is 0 Å². The Kier molecular flexibility index (Phi) is 2.16. The predicted molar refractivity (Wildman–Crippen MR) is 52.1 cm³/mol. The van der Waals surface area contributed by atoms with Crippen LogP contribution in [0.25, 0.3) is 0 Å². The van der Waals surface area contributed by atoms with Crippen LogP contribution in [-0.2, 0) is 0 Å². The number of hydrogen-bond acceptors (Lipinski definition) is 1. The van der Waals surface area contributed by atoms with E-state index in [1.807, 2.05) is 0 Å². The van der Waals surface area contributed by atoms with Crippen LogP contribution in [-0.4, -0.2) is 13.1 Å². The van der Waals surface area contributed by atoms with Crippen molar-refractivity contribution in [2.24, 2.45) is 17.3 Å². The fourth-order valence-electron chi connectivity index (χ4n) is 3.07. The van der Waals surface area contributed by atoms with Crippen LogP contribution in [0.2, 0.25) is 0 Å². The van der Waals surface area contributed by atoms with Crippen LogP contribution in [0.15, 0.2) is 0 Å². The van der Waals surface area contributed by atoms with E-state index in [0.717, 1.165) is 11.8 Å². The Morgan fingerprint density at radius 3 is 2.83 bits per heavy atom. The summed E-state index contributed by atoms with van der Waals surface area (Å²) >= 11 is 0. The molecule has 0 aromatic heterocycles. The lowest BCUT2D eigenvalue weighted by Crippen LogP contribution is -2.30. The minimum atomic E-state index is 0.602. The fraction of sp³-hybridized carbons (Fsp3) is 1.00. The molecule has 1 aliphatic heterocycles. The first-order valence-corrected chi connectivity index (χ1v) is 5.39. The van der Waals surface area contributed by atoms with Crippen molar-refractivity contribution in [3.05, 3.63) is 0 Å². The lowest BCUT2D eigenvalue weighted by Gasteiger charge is -2.31. The first-order chi connectivity index (χ1) is 5.68. The zero-order valence-corrected chi connectivity index (χ0v) is 8.40. The highest BCUT2D eigenvalue weighted by atomic mass is 14.9. The lowest BCUT2D eigenvalue weighted by atomic mass is 9.74. The van der Waals surface area contributed by atoms with Gasteiger partial charge in [-0.25, -0.2) is 0 Å². The molecule has 1 heterocycles. The molecule has 2 rings (SSSR count). The van der Waals surface area contributed by atoms with E-state index >= 15 is 0 Å². The van der Waals surface area contributed by atoms with Crippen molar-refractivity contribution >= 4 is 0 Å². The quantitative estimate of drug-likeness (QED) is 0.584. The normalized spacial score (nSPS) is 40.5. The minimum absolute atomic E-state index is 0.602. The Hall–Kier alpha value is -0.0400. The Balaban J connectivity index is 2.18. The van der Waals surface area contributed by atoms with Crippen LogP contribution in [0.3, 0.4) is 0 Å². The van der Waals surface area contributed by atoms with Crippen LogP contribution >= 0.6 is 0 Å². The van der Waals surface area contributed by atoms with Crippen LogP contribution < -0.4 is 5.32 Å². The molecule has 1 saturated heterocycles. The second kappa shape index (κ2) is 3.02. The predicted octanol–water partition coefficient (Wildman–Crippen LogP) is 2.42. The maximum Gasteiger partial charge on any atom is -0.00153 e. The zero-order valence-electron chi connectivity index (χ0n) is 8.40. The van der Waals surface area contributed by atoms with Crippen molar-refractivity contribution < 1.29 is 0 Å². The summed E-state index contributed by atoms with van der Waals surface area (Å²) in [5.41, 5.74) is 0.602. The molecule has 1 nitrogen and oxygen atoms in total. The van der Waals surface area contributed by atoms with Crippen molar-refractivity contribution in [3.8, 4) is 0 Å². The molecule has 1 aliphatic carbocycles. The summed E-state index contributed by atoms with van der Waals surface area (Å²) in [4.78, 5) is 0. The van der Waals surface area contributed by atoms with Gasteiger partial charge in [-0.05, 0) is 49.6 Å². The molecule has 70 valence electrons. The first kappa shape index (κ1) is 8.55. The largest absolute Gasteiger partial charge is 0.316 e. The maximum atomic E-state index is 3.60. The summed E-state index contributed by atoms with van der Waals surface area (Å²) in [6, 6.07) is 0. The topological polar surface area (TPSA) is 12.0 Å². The molecule has 0 radical (unpaired) electrons. The maximum absolute atomic E-state index is 3.60. The molecule has 1 N–H and O–H groups in total. The van der Waals surface area contributed by atoms with Gasteiger partial charge in [0.15, 0.2) is 0 Å². The Morgan fingerprint density at radius 1 is 1.17 bits per heavy atom. The standard InChI is InChI=1S/C11H21N/c1-11(2)6-9-4-3-5-10(11)8-12-7-9/h9-10,12H,3-8H2,1-2H3. The molecule has 0 spiro atoms. The highest BCUT2D eigenvalue weighted by Gasteiger charge is 2.36. The highest BCUT2D eigenvalue weighted by molar-refractivity contribution is 4.89. The van der Waals surface area contributed by atoms with Gasteiger partial charge in [-0.2, -0.15) is 0 Å². The van der Waals surface area contributed by atoms with Crippen LogP contribution in [0.1, 0.15) is 39.5 Å². The van der Waals surface area contributed by atoms with E-state index in [0.29, 0.717) is 5.41 Å². The molecule has 2 fully saturated rings. The molecule has 1 heteroatoms. The summed E-state index contributed by atoms with van der Waals surface area (Å²) in [6.45, 7) is 7.47. The molecular weight excluding hydrogens is 146 g/mol. The van der Waals surface area contributed by atoms with Gasteiger partial charge < -0.3 is 5.32 Å². The van der Waals surface area contributed by atoms with Crippen LogP contribution in [0, 0.1) is 17.3 Å². The van der Waals surface area contributed by atoms with Crippen molar-refractivity contribution in [3.63, 3.8) is 0 Å². The molecule has 2 bridgehead atoms. The molecule has 1 saturated carbocycles. The summed E-state index contributed by atoms with van der Waals surface area (Å²) in [7, 11) is 0. The van der Waals surface area contributed by atoms with Crippen LogP contribution in [0.5, 0.6) is 0 Å². The molecule has 0 aromatic rings. The summed E-state index contributed by atoms with van der Waals surface area (Å²) in [6.07, 6.45) is 5.84. The van der Waals surface area contributed by atoms with E-state index in [-0.39, 0.29) is 0 Å². The first-order valence-electron chi connectivity index (χ1n) is 5.39. The van der Waals surface area contributed by atoms with Gasteiger partial charge in [-0.15, -0.1) is 0 Å².